The van der Waals surface area contributed by atoms with E-state index in [-0.39, 0.29) is 5.57 Å². The third-order valence-electron chi connectivity index (χ3n) is 5.50. The first-order valence-electron chi connectivity index (χ1n) is 10.9. The Labute approximate surface area is 216 Å². The maximum absolute atomic E-state index is 13.2. The minimum absolute atomic E-state index is 0.201. The number of methoxy groups -OCH3 is 2. The first kappa shape index (κ1) is 25.0. The zero-order valence-electron chi connectivity index (χ0n) is 19.8. The first-order valence-corrected chi connectivity index (χ1v) is 11.7. The summed E-state index contributed by atoms with van der Waals surface area (Å²) in [6, 6.07) is 16.9. The van der Waals surface area contributed by atoms with Gasteiger partial charge >= 0.3 is 6.03 Å². The maximum atomic E-state index is 13.2. The van der Waals surface area contributed by atoms with Gasteiger partial charge in [0.1, 0.15) is 17.9 Å². The molecule has 1 aliphatic rings. The number of amides is 4. The Morgan fingerprint density at radius 2 is 1.64 bits per heavy atom. The number of benzene rings is 3. The molecule has 8 nitrogen and oxygen atoms in total. The van der Waals surface area contributed by atoms with Gasteiger partial charge in [-0.15, -0.1) is 0 Å². The van der Waals surface area contributed by atoms with Gasteiger partial charge < -0.3 is 14.2 Å². The molecule has 0 aromatic heterocycles. The number of carbonyl (C=O) groups is 3. The van der Waals surface area contributed by atoms with Crippen molar-refractivity contribution in [2.45, 2.75) is 13.5 Å². The van der Waals surface area contributed by atoms with Crippen LogP contribution in [0.15, 0.2) is 70.7 Å². The molecule has 3 aromatic rings. The van der Waals surface area contributed by atoms with Gasteiger partial charge in [-0.25, -0.2) is 9.69 Å². The zero-order chi connectivity index (χ0) is 25.8. The minimum atomic E-state index is -0.828. The van der Waals surface area contributed by atoms with Crippen LogP contribution < -0.4 is 24.4 Å². The first-order chi connectivity index (χ1) is 17.3. The highest BCUT2D eigenvalue weighted by Crippen LogP contribution is 2.38. The van der Waals surface area contributed by atoms with Gasteiger partial charge in [-0.2, -0.15) is 0 Å². The lowest BCUT2D eigenvalue weighted by atomic mass is 10.1. The Hall–Kier alpha value is -4.11. The molecule has 1 heterocycles. The fourth-order valence-electron chi connectivity index (χ4n) is 3.59. The van der Waals surface area contributed by atoms with E-state index in [1.165, 1.54) is 20.3 Å². The summed E-state index contributed by atoms with van der Waals surface area (Å²) >= 11 is 3.49. The molecule has 1 fully saturated rings. The molecule has 4 amide bonds. The van der Waals surface area contributed by atoms with Gasteiger partial charge in [-0.05, 0) is 76.5 Å². The molecule has 1 aliphatic heterocycles. The SMILES string of the molecule is COc1ccc(N2C(=O)NC(=O)/C(=C\c3cc(Br)c(OCc4ccc(C)cc4)c(OC)c3)C2=O)cc1. The molecule has 0 spiro atoms. The zero-order valence-corrected chi connectivity index (χ0v) is 21.4. The van der Waals surface area contributed by atoms with E-state index in [0.717, 1.165) is 16.0 Å². The van der Waals surface area contributed by atoms with E-state index < -0.39 is 17.8 Å². The van der Waals surface area contributed by atoms with Crippen molar-refractivity contribution in [1.29, 1.82) is 0 Å². The van der Waals surface area contributed by atoms with Gasteiger partial charge in [-0.3, -0.25) is 14.9 Å². The van der Waals surface area contributed by atoms with Gasteiger partial charge in [0.05, 0.1) is 24.4 Å². The highest BCUT2D eigenvalue weighted by Gasteiger charge is 2.36. The van der Waals surface area contributed by atoms with Crippen molar-refractivity contribution < 1.29 is 28.6 Å². The molecule has 9 heteroatoms. The average Bonchev–Trinajstić information content (AvgIpc) is 2.87. The largest absolute Gasteiger partial charge is 0.497 e. The van der Waals surface area contributed by atoms with E-state index in [2.05, 4.69) is 21.2 Å². The summed E-state index contributed by atoms with van der Waals surface area (Å²) in [5, 5.41) is 2.21. The number of anilines is 1. The number of hydrogen-bond donors (Lipinski definition) is 1. The van der Waals surface area contributed by atoms with Gasteiger partial charge in [0, 0.05) is 0 Å². The molecule has 0 saturated carbocycles. The van der Waals surface area contributed by atoms with Crippen molar-refractivity contribution in [2.75, 3.05) is 19.1 Å². The van der Waals surface area contributed by atoms with Gasteiger partial charge in [0.2, 0.25) is 0 Å². The second kappa shape index (κ2) is 10.7. The lowest BCUT2D eigenvalue weighted by Gasteiger charge is -2.26. The fourth-order valence-corrected chi connectivity index (χ4v) is 4.17. The van der Waals surface area contributed by atoms with Crippen LogP contribution in [-0.4, -0.2) is 32.1 Å². The number of ether oxygens (including phenoxy) is 3. The van der Waals surface area contributed by atoms with E-state index in [1.807, 2.05) is 31.2 Å². The molecule has 0 radical (unpaired) electrons. The van der Waals surface area contributed by atoms with Crippen molar-refractivity contribution >= 4 is 45.5 Å². The number of nitrogens with zero attached hydrogens (tertiary/aromatic N) is 1. The summed E-state index contributed by atoms with van der Waals surface area (Å²) in [5.41, 5.74) is 2.75. The summed E-state index contributed by atoms with van der Waals surface area (Å²) < 4.78 is 17.2. The van der Waals surface area contributed by atoms with Crippen LogP contribution in [0.2, 0.25) is 0 Å². The summed E-state index contributed by atoms with van der Waals surface area (Å²) in [6.07, 6.45) is 1.40. The highest BCUT2D eigenvalue weighted by atomic mass is 79.9. The monoisotopic (exact) mass is 550 g/mol. The highest BCUT2D eigenvalue weighted by molar-refractivity contribution is 9.10. The quantitative estimate of drug-likeness (QED) is 0.328. The minimum Gasteiger partial charge on any atom is -0.497 e. The Morgan fingerprint density at radius 3 is 2.28 bits per heavy atom. The Bertz CT molecular complexity index is 1350. The number of rotatable bonds is 7. The smallest absolute Gasteiger partial charge is 0.335 e. The van der Waals surface area contributed by atoms with Crippen LogP contribution in [0.4, 0.5) is 10.5 Å². The van der Waals surface area contributed by atoms with Crippen LogP contribution >= 0.6 is 15.9 Å². The van der Waals surface area contributed by atoms with Crippen LogP contribution in [0.1, 0.15) is 16.7 Å². The maximum Gasteiger partial charge on any atom is 0.335 e. The Morgan fingerprint density at radius 1 is 0.944 bits per heavy atom. The summed E-state index contributed by atoms with van der Waals surface area (Å²) in [4.78, 5) is 39.1. The molecular weight excluding hydrogens is 528 g/mol. The van der Waals surface area contributed by atoms with Crippen LogP contribution in [0.5, 0.6) is 17.2 Å². The molecule has 0 aliphatic carbocycles. The van der Waals surface area contributed by atoms with E-state index >= 15 is 0 Å². The van der Waals surface area contributed by atoms with E-state index in [9.17, 15) is 14.4 Å². The predicted octanol–water partition coefficient (Wildman–Crippen LogP) is 5.02. The molecular formula is C27H23BrN2O6. The molecule has 36 heavy (non-hydrogen) atoms. The molecule has 1 saturated heterocycles. The average molecular weight is 551 g/mol. The molecule has 184 valence electrons. The standard InChI is InChI=1S/C27H23BrN2O6/c1-16-4-6-17(7-5-16)15-36-24-22(28)13-18(14-23(24)35-3)12-21-25(31)29-27(33)30(26(21)32)19-8-10-20(34-2)11-9-19/h4-14H,15H2,1-3H3,(H,29,31,33)/b21-12+. The van der Waals surface area contributed by atoms with E-state index in [0.29, 0.717) is 39.6 Å². The number of barbiturate groups is 1. The summed E-state index contributed by atoms with van der Waals surface area (Å²) in [5.74, 6) is -0.0740. The second-order valence-electron chi connectivity index (χ2n) is 7.96. The lowest BCUT2D eigenvalue weighted by molar-refractivity contribution is -0.122. The number of imide groups is 2. The molecule has 0 bridgehead atoms. The number of hydrogen-bond acceptors (Lipinski definition) is 6. The molecule has 0 unspecified atom stereocenters. The Kier molecular flexibility index (Phi) is 7.40. The van der Waals surface area contributed by atoms with Crippen molar-refractivity contribution in [1.82, 2.24) is 5.32 Å². The topological polar surface area (TPSA) is 94.2 Å². The van der Waals surface area contributed by atoms with Gasteiger partial charge in [0.15, 0.2) is 11.5 Å². The van der Waals surface area contributed by atoms with Crippen molar-refractivity contribution in [3.63, 3.8) is 0 Å². The van der Waals surface area contributed by atoms with Crippen LogP contribution in [0.3, 0.4) is 0 Å². The summed E-state index contributed by atoms with van der Waals surface area (Å²) in [6.45, 7) is 2.34. The molecule has 4 rings (SSSR count). The third kappa shape index (κ3) is 5.26. The number of nitrogens with one attached hydrogen (secondary N) is 1. The van der Waals surface area contributed by atoms with Crippen LogP contribution in [0.25, 0.3) is 6.08 Å². The van der Waals surface area contributed by atoms with Crippen molar-refractivity contribution in [2.24, 2.45) is 0 Å². The second-order valence-corrected chi connectivity index (χ2v) is 8.82. The predicted molar refractivity (Wildman–Crippen MR) is 138 cm³/mol. The van der Waals surface area contributed by atoms with Gasteiger partial charge in [-0.1, -0.05) is 29.8 Å². The van der Waals surface area contributed by atoms with Crippen LogP contribution in [-0.2, 0) is 16.2 Å². The van der Waals surface area contributed by atoms with E-state index in [1.54, 1.807) is 36.4 Å². The fraction of sp³-hybridized carbons (Fsp3) is 0.148. The third-order valence-corrected chi connectivity index (χ3v) is 6.09. The number of carbonyl (C=O) groups excluding carboxylic acids is 3. The number of aryl methyl sites for hydroxylation is 1. The Balaban J connectivity index is 1.62. The molecule has 1 N–H and O–H groups in total. The number of urea groups is 1. The van der Waals surface area contributed by atoms with Crippen molar-refractivity contribution in [3.8, 4) is 17.2 Å². The lowest BCUT2D eigenvalue weighted by Crippen LogP contribution is -2.54. The van der Waals surface area contributed by atoms with Gasteiger partial charge in [0.25, 0.3) is 11.8 Å². The van der Waals surface area contributed by atoms with Crippen molar-refractivity contribution in [3.05, 3.63) is 87.4 Å². The molecule has 0 atom stereocenters. The molecule has 3 aromatic carbocycles. The van der Waals surface area contributed by atoms with Crippen LogP contribution in [0, 0.1) is 6.92 Å². The van der Waals surface area contributed by atoms with E-state index in [4.69, 9.17) is 14.2 Å². The normalized spacial score (nSPS) is 14.6. The summed E-state index contributed by atoms with van der Waals surface area (Å²) in [7, 11) is 3.01. The number of halogens is 1.